The molecule has 56 valence electrons. The van der Waals surface area contributed by atoms with Gasteiger partial charge in [0.2, 0.25) is 0 Å². The standard InChI is InChI=1S/C6H4IN3O/c7-4-3-8-10-2-1-5(11)9-6(4)10/h1-3H,(H,9,11). The summed E-state index contributed by atoms with van der Waals surface area (Å²) >= 11 is 2.12. The third kappa shape index (κ3) is 1.05. The average molecular weight is 261 g/mol. The van der Waals surface area contributed by atoms with Crippen molar-refractivity contribution in [2.45, 2.75) is 0 Å². The molecule has 2 rings (SSSR count). The lowest BCUT2D eigenvalue weighted by Crippen LogP contribution is -2.05. The average Bonchev–Trinajstić information content (AvgIpc) is 2.33. The first kappa shape index (κ1) is 6.84. The number of fused-ring (bicyclic) bond motifs is 1. The summed E-state index contributed by atoms with van der Waals surface area (Å²) in [6, 6.07) is 1.44. The number of aromatic amines is 1. The molecular weight excluding hydrogens is 257 g/mol. The van der Waals surface area contributed by atoms with Crippen molar-refractivity contribution in [2.75, 3.05) is 0 Å². The molecule has 0 aromatic carbocycles. The van der Waals surface area contributed by atoms with Gasteiger partial charge in [0.05, 0.1) is 9.77 Å². The van der Waals surface area contributed by atoms with E-state index in [2.05, 4.69) is 32.7 Å². The smallest absolute Gasteiger partial charge is 0.251 e. The summed E-state index contributed by atoms with van der Waals surface area (Å²) in [6.07, 6.45) is 3.34. The van der Waals surface area contributed by atoms with Crippen LogP contribution in [-0.2, 0) is 0 Å². The summed E-state index contributed by atoms with van der Waals surface area (Å²) in [5, 5.41) is 4.00. The first-order valence-electron chi connectivity index (χ1n) is 2.99. The van der Waals surface area contributed by atoms with E-state index in [1.165, 1.54) is 6.07 Å². The Morgan fingerprint density at radius 1 is 1.64 bits per heavy atom. The normalized spacial score (nSPS) is 10.6. The minimum absolute atomic E-state index is 0.101. The van der Waals surface area contributed by atoms with Gasteiger partial charge in [-0.25, -0.2) is 4.52 Å². The molecule has 0 aliphatic carbocycles. The van der Waals surface area contributed by atoms with Crippen LogP contribution in [0.5, 0.6) is 0 Å². The van der Waals surface area contributed by atoms with Crippen LogP contribution in [0.25, 0.3) is 5.65 Å². The maximum atomic E-state index is 10.8. The first-order valence-corrected chi connectivity index (χ1v) is 4.07. The van der Waals surface area contributed by atoms with Gasteiger partial charge in [0.15, 0.2) is 0 Å². The molecule has 0 atom stereocenters. The topological polar surface area (TPSA) is 50.2 Å². The predicted octanol–water partition coefficient (Wildman–Crippen LogP) is 0.627. The van der Waals surface area contributed by atoms with Crippen molar-refractivity contribution in [1.82, 2.24) is 14.6 Å². The number of rotatable bonds is 0. The van der Waals surface area contributed by atoms with E-state index < -0.39 is 0 Å². The molecule has 0 saturated heterocycles. The van der Waals surface area contributed by atoms with Gasteiger partial charge in [-0.3, -0.25) is 4.79 Å². The SMILES string of the molecule is O=c1ccn2ncc(I)c2[nH]1. The second kappa shape index (κ2) is 2.33. The van der Waals surface area contributed by atoms with Crippen molar-refractivity contribution in [2.24, 2.45) is 0 Å². The zero-order valence-electron chi connectivity index (χ0n) is 5.41. The Morgan fingerprint density at radius 3 is 3.27 bits per heavy atom. The predicted molar refractivity (Wildman–Crippen MR) is 48.5 cm³/mol. The number of H-pyrrole nitrogens is 1. The molecule has 0 spiro atoms. The molecule has 0 bridgehead atoms. The number of nitrogens with one attached hydrogen (secondary N) is 1. The molecular formula is C6H4IN3O. The van der Waals surface area contributed by atoms with Crippen LogP contribution in [-0.4, -0.2) is 14.6 Å². The molecule has 0 aliphatic heterocycles. The minimum atomic E-state index is -0.101. The number of hydrogen-bond acceptors (Lipinski definition) is 2. The zero-order valence-corrected chi connectivity index (χ0v) is 7.57. The Hall–Kier alpha value is -0.850. The Balaban J connectivity index is 2.98. The van der Waals surface area contributed by atoms with E-state index in [9.17, 15) is 4.79 Å². The molecule has 0 amide bonds. The Morgan fingerprint density at radius 2 is 2.45 bits per heavy atom. The third-order valence-corrected chi connectivity index (χ3v) is 2.15. The van der Waals surface area contributed by atoms with Gasteiger partial charge in [-0.2, -0.15) is 5.10 Å². The Labute approximate surface area is 75.4 Å². The molecule has 2 aromatic heterocycles. The molecule has 2 heterocycles. The van der Waals surface area contributed by atoms with E-state index >= 15 is 0 Å². The molecule has 0 saturated carbocycles. The lowest BCUT2D eigenvalue weighted by Gasteiger charge is -1.89. The van der Waals surface area contributed by atoms with Gasteiger partial charge in [0, 0.05) is 12.3 Å². The summed E-state index contributed by atoms with van der Waals surface area (Å²) in [6.45, 7) is 0. The van der Waals surface area contributed by atoms with E-state index in [1.807, 2.05) is 0 Å². The highest BCUT2D eigenvalue weighted by Gasteiger charge is 1.98. The molecule has 0 fully saturated rings. The van der Waals surface area contributed by atoms with Gasteiger partial charge in [-0.05, 0) is 22.6 Å². The summed E-state index contributed by atoms with van der Waals surface area (Å²) in [5.74, 6) is 0. The summed E-state index contributed by atoms with van der Waals surface area (Å²) in [5.41, 5.74) is 0.647. The van der Waals surface area contributed by atoms with E-state index in [-0.39, 0.29) is 5.56 Å². The fraction of sp³-hybridized carbons (Fsp3) is 0. The van der Waals surface area contributed by atoms with E-state index in [0.29, 0.717) is 0 Å². The molecule has 0 unspecified atom stereocenters. The molecule has 5 heteroatoms. The van der Waals surface area contributed by atoms with Crippen molar-refractivity contribution < 1.29 is 0 Å². The first-order chi connectivity index (χ1) is 5.27. The van der Waals surface area contributed by atoms with E-state index in [4.69, 9.17) is 0 Å². The van der Waals surface area contributed by atoms with Crippen molar-refractivity contribution in [1.29, 1.82) is 0 Å². The number of halogens is 1. The molecule has 0 radical (unpaired) electrons. The quantitative estimate of drug-likeness (QED) is 0.707. The summed E-state index contributed by atoms with van der Waals surface area (Å²) in [7, 11) is 0. The maximum Gasteiger partial charge on any atom is 0.251 e. The maximum absolute atomic E-state index is 10.8. The minimum Gasteiger partial charge on any atom is -0.306 e. The Kier molecular flexibility index (Phi) is 1.45. The van der Waals surface area contributed by atoms with Gasteiger partial charge in [-0.15, -0.1) is 0 Å². The summed E-state index contributed by atoms with van der Waals surface area (Å²) < 4.78 is 2.57. The van der Waals surface area contributed by atoms with Crippen LogP contribution in [0.1, 0.15) is 0 Å². The van der Waals surface area contributed by atoms with Crippen LogP contribution in [0.15, 0.2) is 23.3 Å². The van der Waals surface area contributed by atoms with Crippen LogP contribution in [0.3, 0.4) is 0 Å². The van der Waals surface area contributed by atoms with Gasteiger partial charge >= 0.3 is 0 Å². The van der Waals surface area contributed by atoms with Crippen LogP contribution >= 0.6 is 22.6 Å². The molecule has 2 aromatic rings. The second-order valence-corrected chi connectivity index (χ2v) is 3.25. The largest absolute Gasteiger partial charge is 0.306 e. The third-order valence-electron chi connectivity index (χ3n) is 1.36. The van der Waals surface area contributed by atoms with Gasteiger partial charge < -0.3 is 4.98 Å². The fourth-order valence-corrected chi connectivity index (χ4v) is 1.37. The van der Waals surface area contributed by atoms with Crippen LogP contribution in [0.4, 0.5) is 0 Å². The highest BCUT2D eigenvalue weighted by molar-refractivity contribution is 14.1. The molecule has 11 heavy (non-hydrogen) atoms. The zero-order chi connectivity index (χ0) is 7.84. The van der Waals surface area contributed by atoms with Crippen molar-refractivity contribution >= 4 is 28.2 Å². The number of nitrogens with zero attached hydrogens (tertiary/aromatic N) is 2. The molecule has 4 nitrogen and oxygen atoms in total. The Bertz CT molecular complexity index is 444. The van der Waals surface area contributed by atoms with Crippen LogP contribution in [0.2, 0.25) is 0 Å². The molecule has 0 aliphatic rings. The fourth-order valence-electron chi connectivity index (χ4n) is 0.868. The lowest BCUT2D eigenvalue weighted by atomic mass is 10.6. The number of hydrogen-bond donors (Lipinski definition) is 1. The highest BCUT2D eigenvalue weighted by Crippen LogP contribution is 2.07. The van der Waals surface area contributed by atoms with Crippen LogP contribution < -0.4 is 5.56 Å². The second-order valence-electron chi connectivity index (χ2n) is 2.09. The number of aromatic nitrogens is 3. The van der Waals surface area contributed by atoms with Crippen molar-refractivity contribution in [3.8, 4) is 0 Å². The summed E-state index contributed by atoms with van der Waals surface area (Å²) in [4.78, 5) is 13.5. The van der Waals surface area contributed by atoms with Crippen LogP contribution in [0, 0.1) is 3.57 Å². The van der Waals surface area contributed by atoms with Gasteiger partial charge in [-0.1, -0.05) is 0 Å². The molecule has 1 N–H and O–H groups in total. The van der Waals surface area contributed by atoms with E-state index in [1.54, 1.807) is 16.9 Å². The highest BCUT2D eigenvalue weighted by atomic mass is 127. The van der Waals surface area contributed by atoms with E-state index in [0.717, 1.165) is 9.22 Å². The van der Waals surface area contributed by atoms with Crippen molar-refractivity contribution in [3.05, 3.63) is 32.4 Å². The lowest BCUT2D eigenvalue weighted by molar-refractivity contribution is 0.931. The van der Waals surface area contributed by atoms with Crippen molar-refractivity contribution in [3.63, 3.8) is 0 Å². The monoisotopic (exact) mass is 261 g/mol. The van der Waals surface area contributed by atoms with Gasteiger partial charge in [0.25, 0.3) is 5.56 Å². The van der Waals surface area contributed by atoms with Gasteiger partial charge in [0.1, 0.15) is 5.65 Å².